The van der Waals surface area contributed by atoms with Gasteiger partial charge in [0.2, 0.25) is 0 Å². The van der Waals surface area contributed by atoms with Crippen LogP contribution >= 0.6 is 11.3 Å². The summed E-state index contributed by atoms with van der Waals surface area (Å²) in [6, 6.07) is 6.09. The Hall–Kier alpha value is -2.74. The van der Waals surface area contributed by atoms with E-state index in [1.165, 1.54) is 16.2 Å². The van der Waals surface area contributed by atoms with Crippen LogP contribution in [0.2, 0.25) is 0 Å². The van der Waals surface area contributed by atoms with Crippen LogP contribution in [0.15, 0.2) is 30.7 Å². The highest BCUT2D eigenvalue weighted by Crippen LogP contribution is 2.38. The maximum atomic E-state index is 12.3. The molecule has 1 atom stereocenters. The summed E-state index contributed by atoms with van der Waals surface area (Å²) in [6.07, 6.45) is 5.44. The Morgan fingerprint density at radius 3 is 2.92 bits per heavy atom. The van der Waals surface area contributed by atoms with E-state index in [0.29, 0.717) is 10.6 Å². The minimum atomic E-state index is -0.0875. The van der Waals surface area contributed by atoms with Gasteiger partial charge in [-0.3, -0.25) is 4.79 Å². The van der Waals surface area contributed by atoms with E-state index in [1.54, 1.807) is 26.6 Å². The smallest absolute Gasteiger partial charge is 0.265 e. The maximum Gasteiger partial charge on any atom is 0.265 e. The summed E-state index contributed by atoms with van der Waals surface area (Å²) in [6.45, 7) is 0.943. The van der Waals surface area contributed by atoms with Crippen LogP contribution < -0.4 is 10.6 Å². The Morgan fingerprint density at radius 1 is 1.35 bits per heavy atom. The first kappa shape index (κ1) is 16.7. The molecule has 1 aliphatic rings. The summed E-state index contributed by atoms with van der Waals surface area (Å²) in [4.78, 5) is 30.7. The Kier molecular flexibility index (Phi) is 4.20. The molecule has 8 heteroatoms. The number of rotatable bonds is 3. The number of carbonyl (C=O) groups excluding carboxylic acids is 1. The molecule has 134 valence electrons. The summed E-state index contributed by atoms with van der Waals surface area (Å²) < 4.78 is 0. The number of fused-ring (bicyclic) bond motifs is 1. The Bertz CT molecular complexity index is 955. The molecule has 0 spiro atoms. The minimum Gasteiger partial charge on any atom is -0.397 e. The maximum absolute atomic E-state index is 12.3. The van der Waals surface area contributed by atoms with E-state index in [0.717, 1.165) is 41.1 Å². The van der Waals surface area contributed by atoms with E-state index in [-0.39, 0.29) is 11.9 Å². The molecule has 0 radical (unpaired) electrons. The molecule has 3 aromatic rings. The van der Waals surface area contributed by atoms with E-state index in [2.05, 4.69) is 14.9 Å². The van der Waals surface area contributed by atoms with Gasteiger partial charge in [-0.1, -0.05) is 0 Å². The summed E-state index contributed by atoms with van der Waals surface area (Å²) in [7, 11) is 3.45. The van der Waals surface area contributed by atoms with Crippen molar-refractivity contribution in [2.75, 3.05) is 31.3 Å². The first-order chi connectivity index (χ1) is 12.6. The minimum absolute atomic E-state index is 0.0875. The lowest BCUT2D eigenvalue weighted by atomic mass is 10.1. The lowest BCUT2D eigenvalue weighted by Crippen LogP contribution is -2.24. The predicted octanol–water partition coefficient (Wildman–Crippen LogP) is 2.71. The largest absolute Gasteiger partial charge is 0.397 e. The van der Waals surface area contributed by atoms with Crippen molar-refractivity contribution in [1.82, 2.24) is 19.9 Å². The number of nitrogens with two attached hydrogens (primary N) is 1. The first-order valence-corrected chi connectivity index (χ1v) is 9.31. The molecule has 4 rings (SSSR count). The molecule has 4 heterocycles. The van der Waals surface area contributed by atoms with Gasteiger partial charge in [0.1, 0.15) is 21.9 Å². The molecular formula is C18H20N6OS. The van der Waals surface area contributed by atoms with Crippen LogP contribution in [0.3, 0.4) is 0 Å². The van der Waals surface area contributed by atoms with Crippen molar-refractivity contribution in [1.29, 1.82) is 0 Å². The van der Waals surface area contributed by atoms with Crippen molar-refractivity contribution >= 4 is 39.0 Å². The van der Waals surface area contributed by atoms with Crippen LogP contribution in [-0.2, 0) is 0 Å². The quantitative estimate of drug-likeness (QED) is 0.765. The second kappa shape index (κ2) is 6.53. The van der Waals surface area contributed by atoms with Gasteiger partial charge in [-0.05, 0) is 31.0 Å². The molecule has 0 aliphatic carbocycles. The molecule has 0 unspecified atom stereocenters. The molecule has 1 amide bonds. The van der Waals surface area contributed by atoms with Gasteiger partial charge in [-0.2, -0.15) is 0 Å². The fourth-order valence-corrected chi connectivity index (χ4v) is 4.48. The van der Waals surface area contributed by atoms with Crippen molar-refractivity contribution in [2.24, 2.45) is 0 Å². The van der Waals surface area contributed by atoms with Gasteiger partial charge in [0.15, 0.2) is 0 Å². The fraction of sp³-hybridized carbons (Fsp3) is 0.333. The average molecular weight is 368 g/mol. The molecule has 0 saturated carbocycles. The van der Waals surface area contributed by atoms with Gasteiger partial charge in [0, 0.05) is 32.2 Å². The zero-order valence-corrected chi connectivity index (χ0v) is 15.5. The van der Waals surface area contributed by atoms with Crippen LogP contribution in [0.25, 0.3) is 10.2 Å². The Labute approximate surface area is 155 Å². The number of pyridine rings is 1. The number of aromatic nitrogens is 3. The first-order valence-electron chi connectivity index (χ1n) is 8.49. The third kappa shape index (κ3) is 2.76. The normalized spacial score (nSPS) is 17.0. The van der Waals surface area contributed by atoms with E-state index < -0.39 is 0 Å². The van der Waals surface area contributed by atoms with Crippen molar-refractivity contribution in [3.63, 3.8) is 0 Å². The number of nitrogen functional groups attached to an aromatic ring is 1. The van der Waals surface area contributed by atoms with Gasteiger partial charge in [-0.15, -0.1) is 11.3 Å². The third-order valence-electron chi connectivity index (χ3n) is 4.67. The van der Waals surface area contributed by atoms with Crippen LogP contribution in [0, 0.1) is 0 Å². The molecule has 0 aromatic carbocycles. The number of hydrogen-bond donors (Lipinski definition) is 1. The zero-order valence-electron chi connectivity index (χ0n) is 14.7. The van der Waals surface area contributed by atoms with E-state index in [9.17, 15) is 4.79 Å². The molecule has 1 aliphatic heterocycles. The molecule has 1 saturated heterocycles. The van der Waals surface area contributed by atoms with Crippen molar-refractivity contribution < 1.29 is 4.79 Å². The number of anilines is 2. The van der Waals surface area contributed by atoms with Crippen molar-refractivity contribution in [3.8, 4) is 0 Å². The molecule has 3 aromatic heterocycles. The topological polar surface area (TPSA) is 88.2 Å². The van der Waals surface area contributed by atoms with Gasteiger partial charge in [0.25, 0.3) is 5.91 Å². The van der Waals surface area contributed by atoms with Gasteiger partial charge >= 0.3 is 0 Å². The van der Waals surface area contributed by atoms with Crippen LogP contribution in [0.5, 0.6) is 0 Å². The highest BCUT2D eigenvalue weighted by atomic mass is 32.1. The van der Waals surface area contributed by atoms with Crippen LogP contribution in [0.4, 0.5) is 11.5 Å². The Balaban J connectivity index is 1.72. The summed E-state index contributed by atoms with van der Waals surface area (Å²) in [5.41, 5.74) is 7.70. The van der Waals surface area contributed by atoms with Gasteiger partial charge in [-0.25, -0.2) is 15.0 Å². The lowest BCUT2D eigenvalue weighted by Gasteiger charge is -2.25. The number of amides is 1. The molecule has 1 fully saturated rings. The van der Waals surface area contributed by atoms with E-state index >= 15 is 0 Å². The summed E-state index contributed by atoms with van der Waals surface area (Å²) >= 11 is 1.36. The third-order valence-corrected chi connectivity index (χ3v) is 5.77. The van der Waals surface area contributed by atoms with Gasteiger partial charge in [0.05, 0.1) is 17.4 Å². The summed E-state index contributed by atoms with van der Waals surface area (Å²) in [5.74, 6) is 0.828. The molecule has 0 bridgehead atoms. The van der Waals surface area contributed by atoms with Crippen molar-refractivity contribution in [3.05, 3.63) is 41.3 Å². The molecular weight excluding hydrogens is 348 g/mol. The SMILES string of the molecule is CN(C)C(=O)c1sc2nc([C@@H]3CCCN3c3ccncn3)ccc2c1N. The number of thiophene rings is 1. The average Bonchev–Trinajstić information content (AvgIpc) is 3.26. The second-order valence-electron chi connectivity index (χ2n) is 6.55. The van der Waals surface area contributed by atoms with Crippen LogP contribution in [-0.4, -0.2) is 46.4 Å². The van der Waals surface area contributed by atoms with E-state index in [1.807, 2.05) is 18.2 Å². The number of nitrogens with zero attached hydrogens (tertiary/aromatic N) is 5. The predicted molar refractivity (Wildman–Crippen MR) is 103 cm³/mol. The monoisotopic (exact) mass is 368 g/mol. The second-order valence-corrected chi connectivity index (χ2v) is 7.55. The highest BCUT2D eigenvalue weighted by Gasteiger charge is 2.29. The lowest BCUT2D eigenvalue weighted by molar-refractivity contribution is 0.0833. The fourth-order valence-electron chi connectivity index (χ4n) is 3.36. The number of hydrogen-bond acceptors (Lipinski definition) is 7. The molecule has 7 nitrogen and oxygen atoms in total. The summed E-state index contributed by atoms with van der Waals surface area (Å²) in [5, 5.41) is 0.843. The number of carbonyl (C=O) groups is 1. The zero-order chi connectivity index (χ0) is 18.3. The van der Waals surface area contributed by atoms with Crippen LogP contribution in [0.1, 0.15) is 34.2 Å². The van der Waals surface area contributed by atoms with E-state index in [4.69, 9.17) is 10.7 Å². The Morgan fingerprint density at radius 2 is 2.19 bits per heavy atom. The highest BCUT2D eigenvalue weighted by molar-refractivity contribution is 7.21. The molecule has 2 N–H and O–H groups in total. The van der Waals surface area contributed by atoms with Gasteiger partial charge < -0.3 is 15.5 Å². The molecule has 26 heavy (non-hydrogen) atoms. The van der Waals surface area contributed by atoms with Crippen molar-refractivity contribution in [2.45, 2.75) is 18.9 Å². The standard InChI is InChI=1S/C18H20N6OS/c1-23(2)18(25)16-15(19)11-5-6-12(22-17(11)26-16)13-4-3-9-24(13)14-7-8-20-10-21-14/h5-8,10,13H,3-4,9,19H2,1-2H3/t13-/m0/s1.